The van der Waals surface area contributed by atoms with Crippen LogP contribution in [0.4, 0.5) is 0 Å². The van der Waals surface area contributed by atoms with E-state index in [9.17, 15) is 35.4 Å². The quantitative estimate of drug-likeness (QED) is 0.186. The minimum absolute atomic E-state index is 0.0115. The Bertz CT molecular complexity index is 1200. The van der Waals surface area contributed by atoms with Crippen molar-refractivity contribution < 1.29 is 68.6 Å². The molecule has 2 aromatic carbocycles. The van der Waals surface area contributed by atoms with Crippen molar-refractivity contribution in [3.8, 4) is 34.5 Å². The maximum atomic E-state index is 13.5. The number of ketones is 1. The van der Waals surface area contributed by atoms with Gasteiger partial charge in [0.2, 0.25) is 17.8 Å². The standard InChI is InChI=1S/C28H36O14/c1-36-16-5-12(6-17(37-2)22(16)32)21(31)15-11-40-26(14(15)9-29)13-7-18(38-3)27(19(8-13)39-4)42-28-25(35)24(34)23(33)20(10-30)41-28/h5-8,14-15,20,23-26,28-30,32-35H,9-11H2,1-4H3. The fourth-order valence-electron chi connectivity index (χ4n) is 5.21. The van der Waals surface area contributed by atoms with Gasteiger partial charge < -0.3 is 63.8 Å². The zero-order valence-electron chi connectivity index (χ0n) is 23.5. The minimum atomic E-state index is -1.67. The summed E-state index contributed by atoms with van der Waals surface area (Å²) < 4.78 is 38.6. The first-order valence-electron chi connectivity index (χ1n) is 13.1. The zero-order valence-corrected chi connectivity index (χ0v) is 23.5. The van der Waals surface area contributed by atoms with Crippen LogP contribution in [0.25, 0.3) is 0 Å². The van der Waals surface area contributed by atoms with Gasteiger partial charge in [-0.2, -0.15) is 0 Å². The van der Waals surface area contributed by atoms with Gasteiger partial charge in [-0.05, 0) is 29.8 Å². The van der Waals surface area contributed by atoms with Gasteiger partial charge in [0.25, 0.3) is 0 Å². The van der Waals surface area contributed by atoms with E-state index in [-0.39, 0.29) is 52.5 Å². The van der Waals surface area contributed by atoms with Gasteiger partial charge >= 0.3 is 0 Å². The maximum absolute atomic E-state index is 13.5. The summed E-state index contributed by atoms with van der Waals surface area (Å²) in [4.78, 5) is 13.5. The number of methoxy groups -OCH3 is 4. The van der Waals surface area contributed by atoms with Crippen LogP contribution >= 0.6 is 0 Å². The molecule has 6 N–H and O–H groups in total. The number of carbonyl (C=O) groups is 1. The Labute approximate surface area is 241 Å². The highest BCUT2D eigenvalue weighted by Gasteiger charge is 2.46. The Morgan fingerprint density at radius 3 is 1.90 bits per heavy atom. The van der Waals surface area contributed by atoms with E-state index in [0.29, 0.717) is 5.56 Å². The van der Waals surface area contributed by atoms with Gasteiger partial charge in [0.05, 0.1) is 53.7 Å². The first kappa shape index (κ1) is 31.6. The number of aromatic hydroxyl groups is 1. The lowest BCUT2D eigenvalue weighted by molar-refractivity contribution is -0.277. The molecule has 8 atom stereocenters. The molecule has 0 aliphatic carbocycles. The number of aliphatic hydroxyl groups excluding tert-OH is 5. The van der Waals surface area contributed by atoms with Crippen molar-refractivity contribution in [1.82, 2.24) is 0 Å². The van der Waals surface area contributed by atoms with E-state index in [0.717, 1.165) is 0 Å². The van der Waals surface area contributed by atoms with Crippen molar-refractivity contribution in [2.75, 3.05) is 48.3 Å². The van der Waals surface area contributed by atoms with Crippen LogP contribution in [0.3, 0.4) is 0 Å². The van der Waals surface area contributed by atoms with Crippen LogP contribution in [0, 0.1) is 11.8 Å². The molecule has 0 aromatic heterocycles. The highest BCUT2D eigenvalue weighted by Crippen LogP contribution is 2.47. The van der Waals surface area contributed by atoms with Crippen LogP contribution in [0.2, 0.25) is 0 Å². The number of benzene rings is 2. The number of aliphatic hydroxyl groups is 5. The SMILES string of the molecule is COc1cc(C(=O)C2COC(c3cc(OC)c(OC4OC(CO)C(O)C(O)C4O)c(OC)c3)C2CO)cc(OC)c1O. The van der Waals surface area contributed by atoms with Crippen molar-refractivity contribution in [2.24, 2.45) is 11.8 Å². The number of Topliss-reactive ketones (excluding diaryl/α,β-unsaturated/α-hetero) is 1. The van der Waals surface area contributed by atoms with E-state index >= 15 is 0 Å². The van der Waals surface area contributed by atoms with E-state index in [2.05, 4.69) is 0 Å². The van der Waals surface area contributed by atoms with Crippen molar-refractivity contribution in [3.05, 3.63) is 35.4 Å². The molecular formula is C28H36O14. The van der Waals surface area contributed by atoms with Gasteiger partial charge in [0.15, 0.2) is 28.8 Å². The summed E-state index contributed by atoms with van der Waals surface area (Å²) in [7, 11) is 5.41. The van der Waals surface area contributed by atoms with E-state index in [4.69, 9.17) is 33.2 Å². The lowest BCUT2D eigenvalue weighted by Gasteiger charge is -2.39. The number of hydrogen-bond donors (Lipinski definition) is 6. The minimum Gasteiger partial charge on any atom is -0.502 e. The van der Waals surface area contributed by atoms with Crippen molar-refractivity contribution in [1.29, 1.82) is 0 Å². The summed E-state index contributed by atoms with van der Waals surface area (Å²) >= 11 is 0. The Morgan fingerprint density at radius 1 is 0.833 bits per heavy atom. The molecule has 0 saturated carbocycles. The Morgan fingerprint density at radius 2 is 1.40 bits per heavy atom. The van der Waals surface area contributed by atoms with E-state index in [1.54, 1.807) is 12.1 Å². The van der Waals surface area contributed by atoms with Crippen LogP contribution in [0.5, 0.6) is 34.5 Å². The van der Waals surface area contributed by atoms with Gasteiger partial charge in [-0.3, -0.25) is 4.79 Å². The first-order valence-corrected chi connectivity index (χ1v) is 13.1. The summed E-state index contributed by atoms with van der Waals surface area (Å²) in [6.45, 7) is -1.06. The molecule has 14 heteroatoms. The second kappa shape index (κ2) is 13.3. The lowest BCUT2D eigenvalue weighted by atomic mass is 9.83. The van der Waals surface area contributed by atoms with Gasteiger partial charge in [-0.1, -0.05) is 0 Å². The third-order valence-electron chi connectivity index (χ3n) is 7.57. The third-order valence-corrected chi connectivity index (χ3v) is 7.57. The molecule has 0 amide bonds. The number of phenols is 1. The fourth-order valence-corrected chi connectivity index (χ4v) is 5.21. The maximum Gasteiger partial charge on any atom is 0.229 e. The number of hydrogen-bond acceptors (Lipinski definition) is 14. The normalized spacial score (nSPS) is 29.2. The monoisotopic (exact) mass is 596 g/mol. The number of phenolic OH excluding ortho intramolecular Hbond substituents is 1. The molecule has 2 heterocycles. The first-order chi connectivity index (χ1) is 20.1. The van der Waals surface area contributed by atoms with Gasteiger partial charge in [0.1, 0.15) is 24.4 Å². The molecule has 0 bridgehead atoms. The molecule has 232 valence electrons. The Balaban J connectivity index is 1.63. The molecule has 2 saturated heterocycles. The van der Waals surface area contributed by atoms with Crippen LogP contribution in [-0.2, 0) is 9.47 Å². The van der Waals surface area contributed by atoms with Crippen molar-refractivity contribution in [3.63, 3.8) is 0 Å². The predicted molar refractivity (Wildman–Crippen MR) is 142 cm³/mol. The Hall–Kier alpha value is -3.37. The molecule has 2 aromatic rings. The lowest BCUT2D eigenvalue weighted by Crippen LogP contribution is -2.60. The van der Waals surface area contributed by atoms with Gasteiger partial charge in [0, 0.05) is 18.1 Å². The molecule has 8 unspecified atom stereocenters. The van der Waals surface area contributed by atoms with Gasteiger partial charge in [-0.25, -0.2) is 0 Å². The summed E-state index contributed by atoms with van der Waals surface area (Å²) in [5, 5.41) is 60.7. The average molecular weight is 597 g/mol. The fraction of sp³-hybridized carbons (Fsp3) is 0.536. The molecule has 14 nitrogen and oxygen atoms in total. The largest absolute Gasteiger partial charge is 0.502 e. The smallest absolute Gasteiger partial charge is 0.229 e. The summed E-state index contributed by atoms with van der Waals surface area (Å²) in [5.74, 6) is -1.72. The molecular weight excluding hydrogens is 560 g/mol. The van der Waals surface area contributed by atoms with Crippen LogP contribution in [0.1, 0.15) is 22.0 Å². The highest BCUT2D eigenvalue weighted by molar-refractivity contribution is 5.99. The van der Waals surface area contributed by atoms with Crippen LogP contribution in [-0.4, -0.2) is 115 Å². The average Bonchev–Trinajstić information content (AvgIpc) is 3.45. The second-order valence-electron chi connectivity index (χ2n) is 9.87. The van der Waals surface area contributed by atoms with Crippen molar-refractivity contribution >= 4 is 5.78 Å². The van der Waals surface area contributed by atoms with Crippen LogP contribution < -0.4 is 23.7 Å². The summed E-state index contributed by atoms with van der Waals surface area (Å²) in [5.41, 5.74) is 0.688. The molecule has 4 rings (SSSR count). The second-order valence-corrected chi connectivity index (χ2v) is 9.87. The molecule has 2 fully saturated rings. The molecule has 2 aliphatic rings. The summed E-state index contributed by atoms with van der Waals surface area (Å²) in [6.07, 6.45) is -8.34. The molecule has 42 heavy (non-hydrogen) atoms. The van der Waals surface area contributed by atoms with Crippen molar-refractivity contribution in [2.45, 2.75) is 36.8 Å². The van der Waals surface area contributed by atoms with Crippen LogP contribution in [0.15, 0.2) is 24.3 Å². The van der Waals surface area contributed by atoms with Gasteiger partial charge in [-0.15, -0.1) is 0 Å². The molecule has 2 aliphatic heterocycles. The highest BCUT2D eigenvalue weighted by atomic mass is 16.7. The Kier molecular flexibility index (Phi) is 9.99. The number of carbonyl (C=O) groups excluding carboxylic acids is 1. The van der Waals surface area contributed by atoms with E-state index < -0.39 is 61.9 Å². The molecule has 0 spiro atoms. The topological polar surface area (TPSA) is 203 Å². The zero-order chi connectivity index (χ0) is 30.7. The van der Waals surface area contributed by atoms with E-state index in [1.807, 2.05) is 0 Å². The predicted octanol–water partition coefficient (Wildman–Crippen LogP) is -0.216. The third kappa shape index (κ3) is 5.79. The number of ether oxygens (including phenoxy) is 7. The van der Waals surface area contributed by atoms with E-state index in [1.165, 1.54) is 40.6 Å². The number of rotatable bonds is 11. The summed E-state index contributed by atoms with van der Waals surface area (Å²) in [6, 6.07) is 5.88. The molecule has 0 radical (unpaired) electrons.